The fourth-order valence-electron chi connectivity index (χ4n) is 1.52. The standard InChI is InChI=1S/C11H21N3.3C2H6/c1-3-5-6-7-8-9-11-10-14(4-2)13-12-11;3*1-2/h10H,3-9H2,1-2H3;3*1-2H3. The number of hydrogen-bond donors (Lipinski definition) is 0. The van der Waals surface area contributed by atoms with Crippen LogP contribution in [0.1, 0.15) is 93.2 Å². The molecule has 0 bridgehead atoms. The maximum Gasteiger partial charge on any atom is 0.0827 e. The highest BCUT2D eigenvalue weighted by Gasteiger charge is 1.98. The average Bonchev–Trinajstić information content (AvgIpc) is 3.01. The van der Waals surface area contributed by atoms with Crippen molar-refractivity contribution in [2.75, 3.05) is 0 Å². The molecule has 0 aliphatic carbocycles. The van der Waals surface area contributed by atoms with Gasteiger partial charge in [-0.05, 0) is 19.8 Å². The number of unbranched alkanes of at least 4 members (excludes halogenated alkanes) is 4. The Kier molecular flexibility index (Phi) is 28.1. The Balaban J connectivity index is -0.000000425. The van der Waals surface area contributed by atoms with Gasteiger partial charge in [0.15, 0.2) is 0 Å². The van der Waals surface area contributed by atoms with E-state index in [1.54, 1.807) is 0 Å². The van der Waals surface area contributed by atoms with E-state index in [-0.39, 0.29) is 0 Å². The Morgan fingerprint density at radius 1 is 0.850 bits per heavy atom. The van der Waals surface area contributed by atoms with Crippen LogP contribution in [-0.2, 0) is 13.0 Å². The number of aromatic nitrogens is 3. The fraction of sp³-hybridized carbons (Fsp3) is 0.882. The summed E-state index contributed by atoms with van der Waals surface area (Å²) in [6.45, 7) is 17.2. The fourth-order valence-corrected chi connectivity index (χ4v) is 1.52. The molecule has 0 fully saturated rings. The molecule has 3 nitrogen and oxygen atoms in total. The summed E-state index contributed by atoms with van der Waals surface area (Å²) in [6, 6.07) is 0. The van der Waals surface area contributed by atoms with Gasteiger partial charge in [-0.3, -0.25) is 4.68 Å². The van der Waals surface area contributed by atoms with Crippen molar-refractivity contribution < 1.29 is 0 Å². The van der Waals surface area contributed by atoms with E-state index in [0.29, 0.717) is 0 Å². The summed E-state index contributed by atoms with van der Waals surface area (Å²) in [5, 5.41) is 8.13. The van der Waals surface area contributed by atoms with Crippen molar-refractivity contribution in [3.05, 3.63) is 11.9 Å². The topological polar surface area (TPSA) is 30.7 Å². The van der Waals surface area contributed by atoms with Crippen LogP contribution in [0.5, 0.6) is 0 Å². The first kappa shape index (κ1) is 24.2. The van der Waals surface area contributed by atoms with Gasteiger partial charge in [-0.1, -0.05) is 79.4 Å². The lowest BCUT2D eigenvalue weighted by molar-refractivity contribution is 0.622. The van der Waals surface area contributed by atoms with Gasteiger partial charge in [0.1, 0.15) is 0 Å². The van der Waals surface area contributed by atoms with Crippen molar-refractivity contribution in [2.45, 2.75) is 100 Å². The van der Waals surface area contributed by atoms with Gasteiger partial charge in [-0.25, -0.2) is 0 Å². The third-order valence-electron chi connectivity index (χ3n) is 2.45. The molecule has 0 aromatic carbocycles. The van der Waals surface area contributed by atoms with Gasteiger partial charge in [0.05, 0.1) is 5.69 Å². The first-order chi connectivity index (χ1) is 9.86. The van der Waals surface area contributed by atoms with E-state index >= 15 is 0 Å². The number of hydrogen-bond acceptors (Lipinski definition) is 2. The molecular weight excluding hydrogens is 246 g/mol. The molecule has 3 heteroatoms. The molecule has 0 radical (unpaired) electrons. The van der Waals surface area contributed by atoms with Crippen molar-refractivity contribution in [3.63, 3.8) is 0 Å². The second-order valence-corrected chi connectivity index (χ2v) is 3.73. The van der Waals surface area contributed by atoms with Crippen LogP contribution in [-0.4, -0.2) is 15.0 Å². The summed E-state index contributed by atoms with van der Waals surface area (Å²) in [4.78, 5) is 0. The maximum atomic E-state index is 4.12. The first-order valence-corrected chi connectivity index (χ1v) is 8.75. The van der Waals surface area contributed by atoms with Gasteiger partial charge in [0.25, 0.3) is 0 Å². The highest BCUT2D eigenvalue weighted by molar-refractivity contribution is 4.91. The normalized spacial score (nSPS) is 8.40. The minimum atomic E-state index is 0.919. The predicted molar refractivity (Wildman–Crippen MR) is 92.2 cm³/mol. The predicted octanol–water partition coefficient (Wildman–Crippen LogP) is 5.89. The van der Waals surface area contributed by atoms with Crippen molar-refractivity contribution in [1.29, 1.82) is 0 Å². The zero-order valence-corrected chi connectivity index (χ0v) is 15.4. The summed E-state index contributed by atoms with van der Waals surface area (Å²) in [5.41, 5.74) is 1.14. The average molecular weight is 286 g/mol. The molecule has 1 aromatic rings. The van der Waals surface area contributed by atoms with E-state index in [0.717, 1.165) is 18.7 Å². The summed E-state index contributed by atoms with van der Waals surface area (Å²) in [6.07, 6.45) is 9.75. The van der Waals surface area contributed by atoms with Gasteiger partial charge in [0, 0.05) is 12.7 Å². The Labute approximate surface area is 128 Å². The summed E-state index contributed by atoms with van der Waals surface area (Å²) < 4.78 is 1.89. The molecule has 0 aliphatic heterocycles. The van der Waals surface area contributed by atoms with Gasteiger partial charge >= 0.3 is 0 Å². The lowest BCUT2D eigenvalue weighted by Gasteiger charge is -1.96. The van der Waals surface area contributed by atoms with E-state index in [2.05, 4.69) is 30.4 Å². The molecule has 0 amide bonds. The second kappa shape index (κ2) is 23.2. The maximum absolute atomic E-state index is 4.12. The van der Waals surface area contributed by atoms with Gasteiger partial charge in [-0.15, -0.1) is 5.10 Å². The zero-order chi connectivity index (χ0) is 16.2. The second-order valence-electron chi connectivity index (χ2n) is 3.73. The molecule has 1 aromatic heterocycles. The number of aryl methyl sites for hydroxylation is 2. The molecule has 0 saturated carbocycles. The molecule has 1 heterocycles. The van der Waals surface area contributed by atoms with Crippen molar-refractivity contribution in [2.24, 2.45) is 0 Å². The molecule has 0 unspecified atom stereocenters. The molecule has 0 atom stereocenters. The Morgan fingerprint density at radius 2 is 1.40 bits per heavy atom. The molecule has 0 N–H and O–H groups in total. The number of nitrogens with zero attached hydrogens (tertiary/aromatic N) is 3. The van der Waals surface area contributed by atoms with Gasteiger partial charge < -0.3 is 0 Å². The Morgan fingerprint density at radius 3 is 1.85 bits per heavy atom. The monoisotopic (exact) mass is 285 g/mol. The minimum Gasteiger partial charge on any atom is -0.253 e. The Hall–Kier alpha value is -0.860. The molecule has 122 valence electrons. The molecule has 0 saturated heterocycles. The van der Waals surface area contributed by atoms with Crippen molar-refractivity contribution >= 4 is 0 Å². The van der Waals surface area contributed by atoms with Crippen LogP contribution in [0.25, 0.3) is 0 Å². The van der Waals surface area contributed by atoms with Crippen LogP contribution in [0, 0.1) is 0 Å². The van der Waals surface area contributed by atoms with Crippen molar-refractivity contribution in [3.8, 4) is 0 Å². The minimum absolute atomic E-state index is 0.919. The lowest BCUT2D eigenvalue weighted by atomic mass is 10.1. The van der Waals surface area contributed by atoms with E-state index < -0.39 is 0 Å². The third-order valence-corrected chi connectivity index (χ3v) is 2.45. The van der Waals surface area contributed by atoms with Crippen LogP contribution in [0.15, 0.2) is 6.20 Å². The van der Waals surface area contributed by atoms with E-state index in [1.807, 2.05) is 46.2 Å². The van der Waals surface area contributed by atoms with Crippen LogP contribution < -0.4 is 0 Å². The number of rotatable bonds is 7. The van der Waals surface area contributed by atoms with Gasteiger partial charge in [0.2, 0.25) is 0 Å². The molecule has 0 aliphatic rings. The highest BCUT2D eigenvalue weighted by atomic mass is 15.4. The molecular formula is C17H39N3. The van der Waals surface area contributed by atoms with Crippen molar-refractivity contribution in [1.82, 2.24) is 15.0 Å². The molecule has 1 rings (SSSR count). The SMILES string of the molecule is CC.CC.CC.CCCCCCCc1cn(CC)nn1. The van der Waals surface area contributed by atoms with E-state index in [9.17, 15) is 0 Å². The van der Waals surface area contributed by atoms with Crippen LogP contribution in [0.2, 0.25) is 0 Å². The third kappa shape index (κ3) is 15.2. The van der Waals surface area contributed by atoms with E-state index in [4.69, 9.17) is 0 Å². The Bertz CT molecular complexity index is 244. The van der Waals surface area contributed by atoms with Gasteiger partial charge in [-0.2, -0.15) is 0 Å². The van der Waals surface area contributed by atoms with Crippen LogP contribution >= 0.6 is 0 Å². The van der Waals surface area contributed by atoms with E-state index in [1.165, 1.54) is 32.1 Å². The first-order valence-electron chi connectivity index (χ1n) is 8.75. The quantitative estimate of drug-likeness (QED) is 0.585. The van der Waals surface area contributed by atoms with Crippen LogP contribution in [0.4, 0.5) is 0 Å². The van der Waals surface area contributed by atoms with Crippen LogP contribution in [0.3, 0.4) is 0 Å². The molecule has 0 spiro atoms. The highest BCUT2D eigenvalue weighted by Crippen LogP contribution is 2.06. The zero-order valence-electron chi connectivity index (χ0n) is 15.4. The summed E-state index contributed by atoms with van der Waals surface area (Å²) >= 11 is 0. The largest absolute Gasteiger partial charge is 0.253 e. The smallest absolute Gasteiger partial charge is 0.0827 e. The summed E-state index contributed by atoms with van der Waals surface area (Å²) in [7, 11) is 0. The summed E-state index contributed by atoms with van der Waals surface area (Å²) in [5.74, 6) is 0. The molecule has 20 heavy (non-hydrogen) atoms. The lowest BCUT2D eigenvalue weighted by Crippen LogP contribution is -1.93.